The topological polar surface area (TPSA) is 58.4 Å². The maximum absolute atomic E-state index is 12.6. The van der Waals surface area contributed by atoms with E-state index in [1.807, 2.05) is 23.1 Å². The molecule has 1 aliphatic rings. The number of amides is 2. The van der Waals surface area contributed by atoms with Gasteiger partial charge in [-0.2, -0.15) is 0 Å². The third-order valence-electron chi connectivity index (χ3n) is 4.05. The summed E-state index contributed by atoms with van der Waals surface area (Å²) in [4.78, 5) is 14.4. The van der Waals surface area contributed by atoms with E-state index in [-0.39, 0.29) is 18.0 Å². The molecule has 3 rings (SSSR count). The molecule has 0 aliphatic carbocycles. The number of halogens is 1. The molecule has 0 saturated carbocycles. The predicted molar refractivity (Wildman–Crippen MR) is 89.7 cm³/mol. The first-order valence-corrected chi connectivity index (χ1v) is 8.22. The molecule has 0 spiro atoms. The van der Waals surface area contributed by atoms with Crippen molar-refractivity contribution in [2.75, 3.05) is 11.9 Å². The van der Waals surface area contributed by atoms with Crippen LogP contribution in [0.4, 0.5) is 10.5 Å². The standard InChI is InChI=1S/C17H20ClN3O2/c1-11(2)16-10-14(20-23-16)15-7-4-8-21(15)17(22)19-13-6-3-5-12(18)9-13/h3,5-6,9-11,15H,4,7-8H2,1-2H3,(H,19,22)/t15-/m0/s1. The summed E-state index contributed by atoms with van der Waals surface area (Å²) >= 11 is 5.96. The summed E-state index contributed by atoms with van der Waals surface area (Å²) in [7, 11) is 0. The van der Waals surface area contributed by atoms with Gasteiger partial charge < -0.3 is 14.7 Å². The average Bonchev–Trinajstić information content (AvgIpc) is 3.16. The Morgan fingerprint density at radius 3 is 2.96 bits per heavy atom. The molecule has 1 aromatic heterocycles. The fourth-order valence-corrected chi connectivity index (χ4v) is 3.00. The molecule has 0 unspecified atom stereocenters. The second-order valence-corrected chi connectivity index (χ2v) is 6.54. The van der Waals surface area contributed by atoms with Crippen LogP contribution in [0.25, 0.3) is 0 Å². The minimum absolute atomic E-state index is 0.0366. The SMILES string of the molecule is CC(C)c1cc([C@@H]2CCCN2C(=O)Nc2cccc(Cl)c2)no1. The summed E-state index contributed by atoms with van der Waals surface area (Å²) in [6.07, 6.45) is 1.85. The Balaban J connectivity index is 1.74. The number of rotatable bonds is 3. The molecule has 122 valence electrons. The quantitative estimate of drug-likeness (QED) is 0.876. The summed E-state index contributed by atoms with van der Waals surface area (Å²) in [5, 5.41) is 7.65. The van der Waals surface area contributed by atoms with Gasteiger partial charge in [0.05, 0.1) is 6.04 Å². The molecule has 2 heterocycles. The Morgan fingerprint density at radius 2 is 2.26 bits per heavy atom. The molecule has 0 bridgehead atoms. The van der Waals surface area contributed by atoms with Crippen molar-refractivity contribution in [3.63, 3.8) is 0 Å². The van der Waals surface area contributed by atoms with Crippen molar-refractivity contribution in [1.29, 1.82) is 0 Å². The summed E-state index contributed by atoms with van der Waals surface area (Å²) in [5.41, 5.74) is 1.52. The summed E-state index contributed by atoms with van der Waals surface area (Å²) in [6.45, 7) is 4.83. The number of hydrogen-bond acceptors (Lipinski definition) is 3. The van der Waals surface area contributed by atoms with Crippen LogP contribution in [0.2, 0.25) is 5.02 Å². The molecule has 6 heteroatoms. The van der Waals surface area contributed by atoms with Crippen LogP contribution in [-0.4, -0.2) is 22.6 Å². The van der Waals surface area contributed by atoms with E-state index in [0.29, 0.717) is 17.3 Å². The van der Waals surface area contributed by atoms with Crippen LogP contribution in [-0.2, 0) is 0 Å². The van der Waals surface area contributed by atoms with E-state index in [1.165, 1.54) is 0 Å². The monoisotopic (exact) mass is 333 g/mol. The van der Waals surface area contributed by atoms with Gasteiger partial charge in [0.2, 0.25) is 0 Å². The molecule has 1 fully saturated rings. The molecule has 1 aliphatic heterocycles. The van der Waals surface area contributed by atoms with Crippen LogP contribution in [0.1, 0.15) is 50.1 Å². The first-order valence-electron chi connectivity index (χ1n) is 7.84. The Bertz CT molecular complexity index is 699. The minimum Gasteiger partial charge on any atom is -0.361 e. The number of nitrogens with zero attached hydrogens (tertiary/aromatic N) is 2. The highest BCUT2D eigenvalue weighted by atomic mass is 35.5. The van der Waals surface area contributed by atoms with E-state index < -0.39 is 0 Å². The molecular weight excluding hydrogens is 314 g/mol. The van der Waals surface area contributed by atoms with Gasteiger partial charge >= 0.3 is 6.03 Å². The number of aromatic nitrogens is 1. The van der Waals surface area contributed by atoms with Crippen LogP contribution in [0.15, 0.2) is 34.9 Å². The normalized spacial score (nSPS) is 17.7. The van der Waals surface area contributed by atoms with Crippen LogP contribution >= 0.6 is 11.6 Å². The number of benzene rings is 1. The van der Waals surface area contributed by atoms with E-state index in [4.69, 9.17) is 16.1 Å². The minimum atomic E-state index is -0.135. The third-order valence-corrected chi connectivity index (χ3v) is 4.28. The van der Waals surface area contributed by atoms with Gasteiger partial charge in [0, 0.05) is 29.2 Å². The van der Waals surface area contributed by atoms with Gasteiger partial charge in [0.1, 0.15) is 11.5 Å². The molecule has 1 saturated heterocycles. The number of anilines is 1. The fraction of sp³-hybridized carbons (Fsp3) is 0.412. The van der Waals surface area contributed by atoms with Crippen molar-refractivity contribution in [3.05, 3.63) is 46.8 Å². The molecule has 2 aromatic rings. The van der Waals surface area contributed by atoms with Crippen molar-refractivity contribution in [2.24, 2.45) is 0 Å². The number of likely N-dealkylation sites (tertiary alicyclic amines) is 1. The molecule has 1 N–H and O–H groups in total. The molecule has 1 atom stereocenters. The Labute approximate surface area is 140 Å². The maximum atomic E-state index is 12.6. The van der Waals surface area contributed by atoms with Gasteiger partial charge in [-0.1, -0.05) is 36.7 Å². The Hall–Kier alpha value is -2.01. The van der Waals surface area contributed by atoms with Crippen molar-refractivity contribution >= 4 is 23.3 Å². The highest BCUT2D eigenvalue weighted by Crippen LogP contribution is 2.33. The van der Waals surface area contributed by atoms with Gasteiger partial charge in [-0.15, -0.1) is 0 Å². The van der Waals surface area contributed by atoms with Gasteiger partial charge in [-0.3, -0.25) is 0 Å². The number of carbonyl (C=O) groups is 1. The largest absolute Gasteiger partial charge is 0.361 e. The first kappa shape index (κ1) is 15.9. The summed E-state index contributed by atoms with van der Waals surface area (Å²) in [6, 6.07) is 8.93. The Kier molecular flexibility index (Phi) is 4.57. The lowest BCUT2D eigenvalue weighted by Gasteiger charge is -2.23. The lowest BCUT2D eigenvalue weighted by molar-refractivity contribution is 0.204. The predicted octanol–water partition coefficient (Wildman–Crippen LogP) is 4.82. The lowest BCUT2D eigenvalue weighted by atomic mass is 10.1. The number of hydrogen-bond donors (Lipinski definition) is 1. The van der Waals surface area contributed by atoms with Gasteiger partial charge in [0.25, 0.3) is 0 Å². The number of nitrogens with one attached hydrogen (secondary N) is 1. The van der Waals surface area contributed by atoms with Crippen LogP contribution in [0.3, 0.4) is 0 Å². The highest BCUT2D eigenvalue weighted by Gasteiger charge is 2.32. The zero-order valence-electron chi connectivity index (χ0n) is 13.3. The summed E-state index contributed by atoms with van der Waals surface area (Å²) in [5.74, 6) is 1.13. The van der Waals surface area contributed by atoms with Crippen molar-refractivity contribution in [1.82, 2.24) is 10.1 Å². The second-order valence-electron chi connectivity index (χ2n) is 6.10. The van der Waals surface area contributed by atoms with Crippen LogP contribution in [0, 0.1) is 0 Å². The smallest absolute Gasteiger partial charge is 0.322 e. The molecule has 5 nitrogen and oxygen atoms in total. The van der Waals surface area contributed by atoms with E-state index in [9.17, 15) is 4.79 Å². The van der Waals surface area contributed by atoms with Gasteiger partial charge in [0.15, 0.2) is 0 Å². The van der Waals surface area contributed by atoms with E-state index in [0.717, 1.165) is 24.3 Å². The number of urea groups is 1. The van der Waals surface area contributed by atoms with Crippen LogP contribution < -0.4 is 5.32 Å². The average molecular weight is 334 g/mol. The highest BCUT2D eigenvalue weighted by molar-refractivity contribution is 6.30. The van der Waals surface area contributed by atoms with Gasteiger partial charge in [-0.25, -0.2) is 4.79 Å². The Morgan fingerprint density at radius 1 is 1.43 bits per heavy atom. The van der Waals surface area contributed by atoms with Crippen molar-refractivity contribution in [2.45, 2.75) is 38.6 Å². The zero-order chi connectivity index (χ0) is 16.4. The van der Waals surface area contributed by atoms with Crippen molar-refractivity contribution < 1.29 is 9.32 Å². The molecule has 0 radical (unpaired) electrons. The first-order chi connectivity index (χ1) is 11.0. The van der Waals surface area contributed by atoms with E-state index >= 15 is 0 Å². The second kappa shape index (κ2) is 6.62. The lowest BCUT2D eigenvalue weighted by Crippen LogP contribution is -2.34. The number of carbonyl (C=O) groups excluding carboxylic acids is 1. The maximum Gasteiger partial charge on any atom is 0.322 e. The molecule has 2 amide bonds. The fourth-order valence-electron chi connectivity index (χ4n) is 2.81. The van der Waals surface area contributed by atoms with E-state index in [2.05, 4.69) is 24.3 Å². The molecule has 1 aromatic carbocycles. The van der Waals surface area contributed by atoms with E-state index in [1.54, 1.807) is 12.1 Å². The van der Waals surface area contributed by atoms with Crippen LogP contribution in [0.5, 0.6) is 0 Å². The molecule has 23 heavy (non-hydrogen) atoms. The zero-order valence-corrected chi connectivity index (χ0v) is 14.0. The third kappa shape index (κ3) is 3.50. The van der Waals surface area contributed by atoms with Gasteiger partial charge in [-0.05, 0) is 31.0 Å². The molecular formula is C17H20ClN3O2. The summed E-state index contributed by atoms with van der Waals surface area (Å²) < 4.78 is 5.37. The van der Waals surface area contributed by atoms with Crippen molar-refractivity contribution in [3.8, 4) is 0 Å².